The standard InChI is InChI=1S/C16H20ClFN2O6S/c1-16(2,3)26-15(22)20-7-9(8-20)25-13-6-12(18)10(5-11(13)17)14(21)19-27(4,23)24/h5-6,9H,7-8H2,1-4H3,(H,19,21). The fourth-order valence-electron chi connectivity index (χ4n) is 2.18. The second-order valence-electron chi connectivity index (χ2n) is 7.09. The molecule has 1 aliphatic heterocycles. The fourth-order valence-corrected chi connectivity index (χ4v) is 2.84. The highest BCUT2D eigenvalue weighted by Crippen LogP contribution is 2.30. The summed E-state index contributed by atoms with van der Waals surface area (Å²) in [4.78, 5) is 25.1. The van der Waals surface area contributed by atoms with Crippen LogP contribution in [0.4, 0.5) is 9.18 Å². The third-order valence-electron chi connectivity index (χ3n) is 3.34. The molecule has 11 heteroatoms. The molecule has 0 radical (unpaired) electrons. The molecule has 0 bridgehead atoms. The number of ether oxygens (including phenoxy) is 2. The Bertz CT molecular complexity index is 862. The molecular weight excluding hydrogens is 403 g/mol. The van der Waals surface area contributed by atoms with Gasteiger partial charge in [-0.05, 0) is 26.8 Å². The molecule has 1 aromatic rings. The Balaban J connectivity index is 2.00. The molecule has 0 atom stereocenters. The number of sulfonamides is 1. The number of hydrogen-bond acceptors (Lipinski definition) is 6. The topological polar surface area (TPSA) is 102 Å². The van der Waals surface area contributed by atoms with Gasteiger partial charge in [0, 0.05) is 6.07 Å². The molecular formula is C16H20ClFN2O6S. The Morgan fingerprint density at radius 3 is 2.41 bits per heavy atom. The van der Waals surface area contributed by atoms with Gasteiger partial charge in [-0.2, -0.15) is 0 Å². The van der Waals surface area contributed by atoms with Gasteiger partial charge in [0.05, 0.1) is 29.9 Å². The van der Waals surface area contributed by atoms with Gasteiger partial charge in [0.1, 0.15) is 23.3 Å². The van der Waals surface area contributed by atoms with Gasteiger partial charge in [-0.15, -0.1) is 0 Å². The summed E-state index contributed by atoms with van der Waals surface area (Å²) in [5, 5.41) is -0.0641. The smallest absolute Gasteiger partial charge is 0.410 e. The van der Waals surface area contributed by atoms with Gasteiger partial charge in [0.15, 0.2) is 0 Å². The molecule has 0 unspecified atom stereocenters. The van der Waals surface area contributed by atoms with Crippen LogP contribution in [0.15, 0.2) is 12.1 Å². The van der Waals surface area contributed by atoms with E-state index < -0.39 is 45.1 Å². The molecule has 1 fully saturated rings. The summed E-state index contributed by atoms with van der Waals surface area (Å²) < 4.78 is 48.7. The number of nitrogens with zero attached hydrogens (tertiary/aromatic N) is 1. The monoisotopic (exact) mass is 422 g/mol. The molecule has 27 heavy (non-hydrogen) atoms. The third kappa shape index (κ3) is 5.96. The molecule has 2 rings (SSSR count). The summed E-state index contributed by atoms with van der Waals surface area (Å²) >= 11 is 6.00. The largest absolute Gasteiger partial charge is 0.485 e. The zero-order valence-corrected chi connectivity index (χ0v) is 16.8. The van der Waals surface area contributed by atoms with Crippen molar-refractivity contribution in [3.63, 3.8) is 0 Å². The molecule has 1 aliphatic rings. The van der Waals surface area contributed by atoms with Crippen LogP contribution in [0.1, 0.15) is 31.1 Å². The first-order valence-corrected chi connectivity index (χ1v) is 10.2. The summed E-state index contributed by atoms with van der Waals surface area (Å²) in [6.45, 7) is 5.74. The van der Waals surface area contributed by atoms with Crippen molar-refractivity contribution in [3.8, 4) is 5.75 Å². The summed E-state index contributed by atoms with van der Waals surface area (Å²) in [5.41, 5.74) is -1.14. The van der Waals surface area contributed by atoms with Gasteiger partial charge in [0.25, 0.3) is 5.91 Å². The first kappa shape index (κ1) is 21.2. The molecule has 1 aromatic carbocycles. The quantitative estimate of drug-likeness (QED) is 0.797. The normalized spacial score (nSPS) is 15.1. The fraction of sp³-hybridized carbons (Fsp3) is 0.500. The molecule has 2 amide bonds. The predicted molar refractivity (Wildman–Crippen MR) is 95.9 cm³/mol. The van der Waals surface area contributed by atoms with Gasteiger partial charge in [0.2, 0.25) is 10.0 Å². The molecule has 0 saturated carbocycles. The van der Waals surface area contributed by atoms with Crippen LogP contribution in [0.2, 0.25) is 5.02 Å². The van der Waals surface area contributed by atoms with Crippen LogP contribution in [0.3, 0.4) is 0 Å². The van der Waals surface area contributed by atoms with E-state index in [1.165, 1.54) is 4.90 Å². The number of likely N-dealkylation sites (tertiary alicyclic amines) is 1. The van der Waals surface area contributed by atoms with Crippen LogP contribution in [0.5, 0.6) is 5.75 Å². The maximum Gasteiger partial charge on any atom is 0.410 e. The van der Waals surface area contributed by atoms with E-state index in [2.05, 4.69) is 0 Å². The minimum absolute atomic E-state index is 0.0149. The zero-order chi connectivity index (χ0) is 20.6. The Morgan fingerprint density at radius 2 is 1.89 bits per heavy atom. The van der Waals surface area contributed by atoms with E-state index in [-0.39, 0.29) is 23.9 Å². The van der Waals surface area contributed by atoms with Crippen LogP contribution in [0, 0.1) is 5.82 Å². The number of halogens is 2. The lowest BCUT2D eigenvalue weighted by Gasteiger charge is -2.39. The van der Waals surface area contributed by atoms with Gasteiger partial charge in [-0.25, -0.2) is 22.3 Å². The van der Waals surface area contributed by atoms with E-state index in [0.717, 1.165) is 18.4 Å². The van der Waals surface area contributed by atoms with Crippen LogP contribution in [-0.4, -0.2) is 56.4 Å². The maximum atomic E-state index is 14.1. The molecule has 1 N–H and O–H groups in total. The van der Waals surface area contributed by atoms with Crippen LogP contribution < -0.4 is 9.46 Å². The van der Waals surface area contributed by atoms with E-state index in [0.29, 0.717) is 0 Å². The van der Waals surface area contributed by atoms with Crippen molar-refractivity contribution < 1.29 is 31.9 Å². The molecule has 0 aliphatic carbocycles. The molecule has 0 spiro atoms. The summed E-state index contributed by atoms with van der Waals surface area (Å²) in [6, 6.07) is 1.88. The number of hydrogen-bond donors (Lipinski definition) is 1. The predicted octanol–water partition coefficient (Wildman–Crippen LogP) is 2.17. The van der Waals surface area contributed by atoms with Gasteiger partial charge < -0.3 is 14.4 Å². The van der Waals surface area contributed by atoms with Crippen LogP contribution >= 0.6 is 11.6 Å². The summed E-state index contributed by atoms with van der Waals surface area (Å²) in [7, 11) is -3.84. The Morgan fingerprint density at radius 1 is 1.30 bits per heavy atom. The van der Waals surface area contributed by atoms with Crippen molar-refractivity contribution in [3.05, 3.63) is 28.5 Å². The van der Waals surface area contributed by atoms with Crippen molar-refractivity contribution in [1.29, 1.82) is 0 Å². The van der Waals surface area contributed by atoms with E-state index in [1.54, 1.807) is 25.5 Å². The van der Waals surface area contributed by atoms with Crippen molar-refractivity contribution in [1.82, 2.24) is 9.62 Å². The van der Waals surface area contributed by atoms with Crippen molar-refractivity contribution in [2.24, 2.45) is 0 Å². The van der Waals surface area contributed by atoms with Crippen molar-refractivity contribution in [2.45, 2.75) is 32.5 Å². The van der Waals surface area contributed by atoms with Gasteiger partial charge in [-0.3, -0.25) is 4.79 Å². The molecule has 1 saturated heterocycles. The molecule has 150 valence electrons. The summed E-state index contributed by atoms with van der Waals surface area (Å²) in [6.07, 6.45) is -0.118. The number of rotatable bonds is 4. The molecule has 0 aromatic heterocycles. The number of amides is 2. The molecule has 1 heterocycles. The van der Waals surface area contributed by atoms with Crippen LogP contribution in [0.25, 0.3) is 0 Å². The minimum Gasteiger partial charge on any atom is -0.485 e. The maximum absolute atomic E-state index is 14.1. The second kappa shape index (κ2) is 7.51. The SMILES string of the molecule is CC(C)(C)OC(=O)N1CC(Oc2cc(F)c(C(=O)NS(C)(=O)=O)cc2Cl)C1. The van der Waals surface area contributed by atoms with E-state index in [9.17, 15) is 22.4 Å². The Hall–Kier alpha value is -2.07. The lowest BCUT2D eigenvalue weighted by atomic mass is 10.1. The average Bonchev–Trinajstić information content (AvgIpc) is 2.41. The number of carbonyl (C=O) groups is 2. The first-order valence-electron chi connectivity index (χ1n) is 7.91. The van der Waals surface area contributed by atoms with Gasteiger partial charge >= 0.3 is 6.09 Å². The Labute approximate surface area is 161 Å². The van der Waals surface area contributed by atoms with E-state index in [1.807, 2.05) is 0 Å². The van der Waals surface area contributed by atoms with E-state index in [4.69, 9.17) is 21.1 Å². The number of carbonyl (C=O) groups excluding carboxylic acids is 2. The first-order chi connectivity index (χ1) is 12.2. The Kier molecular flexibility index (Phi) is 5.91. The van der Waals surface area contributed by atoms with Crippen LogP contribution in [-0.2, 0) is 14.8 Å². The molecule has 8 nitrogen and oxygen atoms in total. The van der Waals surface area contributed by atoms with E-state index >= 15 is 0 Å². The third-order valence-corrected chi connectivity index (χ3v) is 4.19. The van der Waals surface area contributed by atoms with Crippen molar-refractivity contribution >= 4 is 33.6 Å². The zero-order valence-electron chi connectivity index (χ0n) is 15.2. The highest BCUT2D eigenvalue weighted by molar-refractivity contribution is 7.89. The number of nitrogens with one attached hydrogen (secondary N) is 1. The highest BCUT2D eigenvalue weighted by atomic mass is 35.5. The average molecular weight is 423 g/mol. The minimum atomic E-state index is -3.84. The summed E-state index contributed by atoms with van der Waals surface area (Å²) in [5.74, 6) is -2.14. The second-order valence-corrected chi connectivity index (χ2v) is 9.25. The van der Waals surface area contributed by atoms with Crippen molar-refractivity contribution in [2.75, 3.05) is 19.3 Å². The number of benzene rings is 1. The lowest BCUT2D eigenvalue weighted by molar-refractivity contribution is -0.0222. The lowest BCUT2D eigenvalue weighted by Crippen LogP contribution is -2.57. The van der Waals surface area contributed by atoms with Gasteiger partial charge in [-0.1, -0.05) is 11.6 Å². The highest BCUT2D eigenvalue weighted by Gasteiger charge is 2.35.